The Balaban J connectivity index is 1.27. The number of nitrogens with one attached hydrogen (secondary N) is 2. The van der Waals surface area contributed by atoms with E-state index in [2.05, 4.69) is 15.5 Å². The van der Waals surface area contributed by atoms with Crippen LogP contribution in [0.15, 0.2) is 18.2 Å². The molecule has 1 aromatic carbocycles. The molecule has 7 heteroatoms. The van der Waals surface area contributed by atoms with Crippen molar-refractivity contribution in [1.29, 1.82) is 0 Å². The molecule has 1 aromatic rings. The fourth-order valence-electron chi connectivity index (χ4n) is 5.42. The van der Waals surface area contributed by atoms with Crippen LogP contribution in [0.3, 0.4) is 0 Å². The van der Waals surface area contributed by atoms with Gasteiger partial charge in [0.25, 0.3) is 0 Å². The summed E-state index contributed by atoms with van der Waals surface area (Å²) in [5.41, 5.74) is 7.17. The Kier molecular flexibility index (Phi) is 7.23. The third-order valence-corrected chi connectivity index (χ3v) is 7.42. The number of anilines is 1. The molecule has 0 radical (unpaired) electrons. The first-order valence-corrected chi connectivity index (χ1v) is 11.8. The molecule has 4 N–H and O–H groups in total. The molecular formula is C24H35FN4O2. The summed E-state index contributed by atoms with van der Waals surface area (Å²) >= 11 is 0. The zero-order valence-corrected chi connectivity index (χ0v) is 18.2. The van der Waals surface area contributed by atoms with Gasteiger partial charge in [0, 0.05) is 18.7 Å². The highest BCUT2D eigenvalue weighted by molar-refractivity contribution is 6.01. The van der Waals surface area contributed by atoms with Gasteiger partial charge in [0.2, 0.25) is 11.8 Å². The van der Waals surface area contributed by atoms with E-state index in [0.29, 0.717) is 18.5 Å². The van der Waals surface area contributed by atoms with Gasteiger partial charge in [-0.2, -0.15) is 0 Å². The van der Waals surface area contributed by atoms with Crippen LogP contribution in [0, 0.1) is 17.7 Å². The van der Waals surface area contributed by atoms with Gasteiger partial charge >= 0.3 is 0 Å². The number of nitrogens with zero attached hydrogens (tertiary/aromatic N) is 1. The Morgan fingerprint density at radius 1 is 1.03 bits per heavy atom. The van der Waals surface area contributed by atoms with Crippen LogP contribution in [0.25, 0.3) is 0 Å². The summed E-state index contributed by atoms with van der Waals surface area (Å²) in [7, 11) is 0. The van der Waals surface area contributed by atoms with Crippen LogP contribution in [-0.2, 0) is 9.59 Å². The number of carbonyl (C=O) groups excluding carboxylic acids is 2. The predicted molar refractivity (Wildman–Crippen MR) is 119 cm³/mol. The van der Waals surface area contributed by atoms with E-state index in [9.17, 15) is 14.0 Å². The maximum Gasteiger partial charge on any atom is 0.249 e. The molecule has 2 heterocycles. The van der Waals surface area contributed by atoms with Crippen LogP contribution in [0.1, 0.15) is 62.8 Å². The highest BCUT2D eigenvalue weighted by Gasteiger charge is 2.28. The Morgan fingerprint density at radius 2 is 1.74 bits per heavy atom. The highest BCUT2D eigenvalue weighted by Crippen LogP contribution is 2.33. The van der Waals surface area contributed by atoms with E-state index in [4.69, 9.17) is 5.73 Å². The maximum absolute atomic E-state index is 14.9. The summed E-state index contributed by atoms with van der Waals surface area (Å²) in [4.78, 5) is 25.7. The Labute approximate surface area is 184 Å². The predicted octanol–water partition coefficient (Wildman–Crippen LogP) is 2.99. The molecule has 3 fully saturated rings. The van der Waals surface area contributed by atoms with Gasteiger partial charge in [0.05, 0.1) is 0 Å². The van der Waals surface area contributed by atoms with Crippen molar-refractivity contribution < 1.29 is 14.0 Å². The van der Waals surface area contributed by atoms with Crippen molar-refractivity contribution in [3.8, 4) is 0 Å². The molecule has 2 saturated heterocycles. The summed E-state index contributed by atoms with van der Waals surface area (Å²) < 4.78 is 14.9. The average Bonchev–Trinajstić information content (AvgIpc) is 2.77. The van der Waals surface area contributed by atoms with E-state index in [1.807, 2.05) is 12.1 Å². The van der Waals surface area contributed by atoms with E-state index in [-0.39, 0.29) is 23.5 Å². The largest absolute Gasteiger partial charge is 0.374 e. The van der Waals surface area contributed by atoms with Gasteiger partial charge < -0.3 is 16.0 Å². The fraction of sp³-hybridized carbons (Fsp3) is 0.667. The molecule has 1 atom stereocenters. The molecular weight excluding hydrogens is 395 g/mol. The Bertz CT molecular complexity index is 786. The minimum Gasteiger partial charge on any atom is -0.374 e. The molecule has 0 aromatic heterocycles. The molecule has 0 bridgehead atoms. The monoisotopic (exact) mass is 430 g/mol. The van der Waals surface area contributed by atoms with Gasteiger partial charge in [-0.15, -0.1) is 0 Å². The lowest BCUT2D eigenvalue weighted by Crippen LogP contribution is -2.47. The number of piperidine rings is 2. The van der Waals surface area contributed by atoms with E-state index in [1.54, 1.807) is 0 Å². The molecule has 2 aliphatic heterocycles. The van der Waals surface area contributed by atoms with Crippen LogP contribution >= 0.6 is 0 Å². The van der Waals surface area contributed by atoms with Crippen molar-refractivity contribution in [2.45, 2.75) is 63.3 Å². The Morgan fingerprint density at radius 3 is 2.39 bits per heavy atom. The maximum atomic E-state index is 14.9. The number of hydrogen-bond acceptors (Lipinski definition) is 5. The molecule has 2 amide bonds. The summed E-state index contributed by atoms with van der Waals surface area (Å²) in [6, 6.07) is 4.70. The molecule has 1 unspecified atom stereocenters. The topological polar surface area (TPSA) is 87.5 Å². The van der Waals surface area contributed by atoms with Crippen molar-refractivity contribution in [3.05, 3.63) is 29.6 Å². The molecule has 4 rings (SSSR count). The second-order valence-electron chi connectivity index (χ2n) is 9.58. The van der Waals surface area contributed by atoms with Gasteiger partial charge in [-0.05, 0) is 100 Å². The average molecular weight is 431 g/mol. The molecule has 1 aliphatic carbocycles. The molecule has 6 nitrogen and oxygen atoms in total. The second-order valence-corrected chi connectivity index (χ2v) is 9.58. The number of halogens is 1. The summed E-state index contributed by atoms with van der Waals surface area (Å²) in [6.07, 6.45) is 7.81. The van der Waals surface area contributed by atoms with Gasteiger partial charge in [-0.25, -0.2) is 4.39 Å². The van der Waals surface area contributed by atoms with Crippen LogP contribution in [-0.4, -0.2) is 48.9 Å². The molecule has 31 heavy (non-hydrogen) atoms. The van der Waals surface area contributed by atoms with Crippen LogP contribution in [0.5, 0.6) is 0 Å². The molecule has 0 spiro atoms. The van der Waals surface area contributed by atoms with Crippen molar-refractivity contribution in [1.82, 2.24) is 10.2 Å². The first-order chi connectivity index (χ1) is 15.0. The smallest absolute Gasteiger partial charge is 0.249 e. The lowest BCUT2D eigenvalue weighted by Gasteiger charge is -2.36. The number of likely N-dealkylation sites (tertiary alicyclic amines) is 1. The zero-order chi connectivity index (χ0) is 21.8. The van der Waals surface area contributed by atoms with Gasteiger partial charge in [0.1, 0.15) is 11.9 Å². The van der Waals surface area contributed by atoms with Gasteiger partial charge in [-0.3, -0.25) is 14.9 Å². The summed E-state index contributed by atoms with van der Waals surface area (Å²) in [5, 5.41) is 5.38. The first-order valence-electron chi connectivity index (χ1n) is 11.8. The van der Waals surface area contributed by atoms with E-state index in [0.717, 1.165) is 49.9 Å². The third kappa shape index (κ3) is 5.63. The van der Waals surface area contributed by atoms with E-state index < -0.39 is 6.04 Å². The second kappa shape index (κ2) is 10.1. The van der Waals surface area contributed by atoms with Crippen molar-refractivity contribution in [2.75, 3.05) is 31.5 Å². The van der Waals surface area contributed by atoms with Gasteiger partial charge in [-0.1, -0.05) is 6.07 Å². The van der Waals surface area contributed by atoms with Crippen LogP contribution in [0.2, 0.25) is 0 Å². The van der Waals surface area contributed by atoms with E-state index in [1.165, 1.54) is 38.3 Å². The highest BCUT2D eigenvalue weighted by atomic mass is 19.1. The first kappa shape index (κ1) is 22.2. The summed E-state index contributed by atoms with van der Waals surface area (Å²) in [5.74, 6) is 0.944. The minimum absolute atomic E-state index is 0.212. The molecule has 3 aliphatic rings. The fourth-order valence-corrected chi connectivity index (χ4v) is 5.42. The van der Waals surface area contributed by atoms with Crippen molar-refractivity contribution in [3.63, 3.8) is 0 Å². The number of carbonyl (C=O) groups is 2. The molecule has 1 saturated carbocycles. The minimum atomic E-state index is -0.494. The van der Waals surface area contributed by atoms with Crippen molar-refractivity contribution >= 4 is 17.5 Å². The number of rotatable bonds is 6. The zero-order valence-electron chi connectivity index (χ0n) is 18.2. The van der Waals surface area contributed by atoms with Crippen LogP contribution < -0.4 is 16.4 Å². The SMILES string of the molecule is NC[C@H]1CC[C@H](CN2CCC(c3ccc(NC4CCC(=O)NC4=O)cc3F)CC2)CC1. The number of imide groups is 1. The van der Waals surface area contributed by atoms with Gasteiger partial charge in [0.15, 0.2) is 0 Å². The summed E-state index contributed by atoms with van der Waals surface area (Å²) in [6.45, 7) is 4.04. The normalized spacial score (nSPS) is 28.4. The quantitative estimate of drug-likeness (QED) is 0.604. The lowest BCUT2D eigenvalue weighted by atomic mass is 9.81. The van der Waals surface area contributed by atoms with E-state index >= 15 is 0 Å². The lowest BCUT2D eigenvalue weighted by molar-refractivity contribution is -0.133. The number of benzene rings is 1. The van der Waals surface area contributed by atoms with Crippen LogP contribution in [0.4, 0.5) is 10.1 Å². The Hall–Kier alpha value is -1.99. The molecule has 170 valence electrons. The number of hydrogen-bond donors (Lipinski definition) is 3. The van der Waals surface area contributed by atoms with Crippen molar-refractivity contribution in [2.24, 2.45) is 17.6 Å². The standard InChI is InChI=1S/C24H35FN4O2/c25-21-13-19(27-22-7-8-23(30)28-24(22)31)5-6-20(21)18-9-11-29(12-10-18)15-17-3-1-16(14-26)2-4-17/h5-6,13,16-18,22,27H,1-4,7-12,14-15,26H2,(H,28,30,31)/t16-,17-,22?. The number of amides is 2. The third-order valence-electron chi connectivity index (χ3n) is 7.42. The number of nitrogens with two attached hydrogens (primary N) is 1.